The second kappa shape index (κ2) is 11.4. The van der Waals surface area contributed by atoms with Gasteiger partial charge in [-0.25, -0.2) is 14.4 Å². The first-order valence-electron chi connectivity index (χ1n) is 12.1. The molecular weight excluding hydrogens is 582 g/mol. The summed E-state index contributed by atoms with van der Waals surface area (Å²) >= 11 is 7.23. The minimum atomic E-state index is -4.86. The van der Waals surface area contributed by atoms with Gasteiger partial charge in [0.2, 0.25) is 12.0 Å². The van der Waals surface area contributed by atoms with Gasteiger partial charge in [-0.15, -0.1) is 11.3 Å². The fourth-order valence-corrected chi connectivity index (χ4v) is 5.49. The van der Waals surface area contributed by atoms with Crippen LogP contribution in [0.1, 0.15) is 17.2 Å². The van der Waals surface area contributed by atoms with E-state index < -0.39 is 30.1 Å². The number of hydrogen-bond donors (Lipinski definition) is 2. The molecule has 2 atom stereocenters. The van der Waals surface area contributed by atoms with Crippen molar-refractivity contribution >= 4 is 39.1 Å². The number of nitrogens with zero attached hydrogens (tertiary/aromatic N) is 2. The molecular formula is C29H20ClF4N3O3S. The average Bonchev–Trinajstić information content (AvgIpc) is 3.37. The van der Waals surface area contributed by atoms with E-state index in [1.165, 1.54) is 36.4 Å². The highest BCUT2D eigenvalue weighted by atomic mass is 35.5. The Kier molecular flexibility index (Phi) is 7.94. The first kappa shape index (κ1) is 28.5. The third-order valence-corrected chi connectivity index (χ3v) is 7.51. The summed E-state index contributed by atoms with van der Waals surface area (Å²) in [5.41, 5.74) is 8.08. The van der Waals surface area contributed by atoms with E-state index in [1.807, 2.05) is 0 Å². The highest BCUT2D eigenvalue weighted by Gasteiger charge is 2.45. The summed E-state index contributed by atoms with van der Waals surface area (Å²) in [6, 6.07) is 15.0. The van der Waals surface area contributed by atoms with Crippen molar-refractivity contribution in [1.82, 2.24) is 9.97 Å². The Morgan fingerprint density at radius 1 is 1.02 bits per heavy atom. The molecule has 0 saturated heterocycles. The minimum Gasteiger partial charge on any atom is -0.480 e. The van der Waals surface area contributed by atoms with Gasteiger partial charge in [0.05, 0.1) is 5.52 Å². The number of carboxylic acid groups (broad SMARTS) is 1. The Balaban J connectivity index is 1.52. The lowest BCUT2D eigenvalue weighted by atomic mass is 9.95. The number of aromatic nitrogens is 2. The van der Waals surface area contributed by atoms with E-state index in [-0.39, 0.29) is 34.0 Å². The number of carbonyl (C=O) groups is 1. The van der Waals surface area contributed by atoms with Gasteiger partial charge in [-0.1, -0.05) is 54.1 Å². The Bertz CT molecular complexity index is 1730. The highest BCUT2D eigenvalue weighted by Crippen LogP contribution is 2.44. The number of carboxylic acids is 1. The quantitative estimate of drug-likeness (QED) is 0.179. The van der Waals surface area contributed by atoms with Crippen molar-refractivity contribution in [1.29, 1.82) is 0 Å². The number of thiophene rings is 1. The van der Waals surface area contributed by atoms with Crippen molar-refractivity contribution in [2.45, 2.75) is 24.7 Å². The van der Waals surface area contributed by atoms with Gasteiger partial charge in [-0.2, -0.15) is 13.2 Å². The molecule has 0 amide bonds. The lowest BCUT2D eigenvalue weighted by Gasteiger charge is -2.24. The number of benzene rings is 3. The van der Waals surface area contributed by atoms with Gasteiger partial charge < -0.3 is 15.6 Å². The Morgan fingerprint density at radius 3 is 2.46 bits per heavy atom. The number of alkyl halides is 3. The monoisotopic (exact) mass is 601 g/mol. The van der Waals surface area contributed by atoms with Crippen molar-refractivity contribution < 1.29 is 32.2 Å². The summed E-state index contributed by atoms with van der Waals surface area (Å²) in [4.78, 5) is 19.3. The predicted molar refractivity (Wildman–Crippen MR) is 148 cm³/mol. The zero-order valence-corrected chi connectivity index (χ0v) is 22.5. The van der Waals surface area contributed by atoms with Crippen LogP contribution in [0.15, 0.2) is 78.4 Å². The minimum absolute atomic E-state index is 0.0687. The van der Waals surface area contributed by atoms with Crippen molar-refractivity contribution in [2.24, 2.45) is 5.73 Å². The summed E-state index contributed by atoms with van der Waals surface area (Å²) in [6.45, 7) is 0. The lowest BCUT2D eigenvalue weighted by Crippen LogP contribution is -2.32. The third-order valence-electron chi connectivity index (χ3n) is 6.32. The number of nitrogens with two attached hydrogens (primary N) is 1. The SMILES string of the molecule is NC(Cc1ccc(-c2csc3c(OC(c4ccc(Cl)cc4-c4cccc(F)c4)C(F)(F)F)ncnc23)cc1)C(=O)O. The van der Waals surface area contributed by atoms with Gasteiger partial charge in [0.25, 0.3) is 0 Å². The van der Waals surface area contributed by atoms with Gasteiger partial charge in [0.15, 0.2) is 0 Å². The normalized spacial score (nSPS) is 13.2. The second-order valence-electron chi connectivity index (χ2n) is 9.13. The molecule has 0 radical (unpaired) electrons. The van der Waals surface area contributed by atoms with Gasteiger partial charge in [0, 0.05) is 21.5 Å². The van der Waals surface area contributed by atoms with Crippen LogP contribution in [0.4, 0.5) is 17.6 Å². The highest BCUT2D eigenvalue weighted by molar-refractivity contribution is 7.18. The van der Waals surface area contributed by atoms with Crippen LogP contribution in [0.5, 0.6) is 5.88 Å². The molecule has 6 nitrogen and oxygen atoms in total. The van der Waals surface area contributed by atoms with E-state index >= 15 is 0 Å². The van der Waals surface area contributed by atoms with Crippen molar-refractivity contribution in [3.05, 3.63) is 100 Å². The van der Waals surface area contributed by atoms with E-state index in [4.69, 9.17) is 27.2 Å². The molecule has 0 aliphatic rings. The number of ether oxygens (including phenoxy) is 1. The van der Waals surface area contributed by atoms with E-state index in [1.54, 1.807) is 29.6 Å². The molecule has 5 aromatic rings. The largest absolute Gasteiger partial charge is 0.480 e. The maximum absolute atomic E-state index is 14.5. The van der Waals surface area contributed by atoms with Crippen LogP contribution in [0, 0.1) is 5.82 Å². The van der Waals surface area contributed by atoms with Crippen molar-refractivity contribution in [2.75, 3.05) is 0 Å². The molecule has 5 rings (SSSR count). The smallest absolute Gasteiger partial charge is 0.429 e. The molecule has 0 spiro atoms. The number of halogens is 5. The molecule has 2 aromatic heterocycles. The maximum atomic E-state index is 14.5. The van der Waals surface area contributed by atoms with E-state index in [2.05, 4.69) is 9.97 Å². The van der Waals surface area contributed by atoms with Gasteiger partial charge in [0.1, 0.15) is 22.9 Å². The summed E-state index contributed by atoms with van der Waals surface area (Å²) in [6.07, 6.45) is -6.04. The molecule has 2 heterocycles. The van der Waals surface area contributed by atoms with Crippen LogP contribution in [-0.2, 0) is 11.2 Å². The lowest BCUT2D eigenvalue weighted by molar-refractivity contribution is -0.198. The summed E-state index contributed by atoms with van der Waals surface area (Å²) in [7, 11) is 0. The molecule has 12 heteroatoms. The molecule has 3 aromatic carbocycles. The maximum Gasteiger partial charge on any atom is 0.429 e. The molecule has 3 N–H and O–H groups in total. The molecule has 0 bridgehead atoms. The van der Waals surface area contributed by atoms with Crippen LogP contribution in [0.25, 0.3) is 32.5 Å². The average molecular weight is 602 g/mol. The molecule has 210 valence electrons. The summed E-state index contributed by atoms with van der Waals surface area (Å²) < 4.78 is 63.3. The molecule has 0 saturated carbocycles. The fraction of sp³-hybridized carbons (Fsp3) is 0.138. The fourth-order valence-electron chi connectivity index (χ4n) is 4.36. The number of rotatable bonds is 8. The van der Waals surface area contributed by atoms with Crippen molar-refractivity contribution in [3.63, 3.8) is 0 Å². The zero-order valence-electron chi connectivity index (χ0n) is 20.9. The van der Waals surface area contributed by atoms with E-state index in [9.17, 15) is 22.4 Å². The first-order chi connectivity index (χ1) is 19.5. The number of hydrogen-bond acceptors (Lipinski definition) is 6. The topological polar surface area (TPSA) is 98.3 Å². The van der Waals surface area contributed by atoms with Crippen molar-refractivity contribution in [3.8, 4) is 28.1 Å². The predicted octanol–water partition coefficient (Wildman–Crippen LogP) is 7.45. The zero-order chi connectivity index (χ0) is 29.3. The summed E-state index contributed by atoms with van der Waals surface area (Å²) in [5.74, 6) is -1.99. The van der Waals surface area contributed by atoms with E-state index in [0.717, 1.165) is 23.7 Å². The third kappa shape index (κ3) is 6.17. The first-order valence-corrected chi connectivity index (χ1v) is 13.4. The van der Waals surface area contributed by atoms with Gasteiger partial charge in [-0.3, -0.25) is 4.79 Å². The molecule has 0 aliphatic carbocycles. The second-order valence-corrected chi connectivity index (χ2v) is 10.4. The Labute approximate surface area is 240 Å². The van der Waals surface area contributed by atoms with Crippen LogP contribution in [0.2, 0.25) is 5.02 Å². The Hall–Kier alpha value is -4.06. The number of aliphatic carboxylic acids is 1. The van der Waals surface area contributed by atoms with Crippen LogP contribution in [-0.4, -0.2) is 33.3 Å². The number of fused-ring (bicyclic) bond motifs is 1. The standard InChI is InChI=1S/C29H20ClF4N3O3S/c30-18-8-9-20(21(12-18)17-2-1-3-19(31)11-17)26(29(32,33)34)40-27-25-24(36-14-37-27)22(13-41-25)16-6-4-15(5-7-16)10-23(35)28(38)39/h1-9,11-14,23,26H,10,35H2,(H,38,39). The van der Waals surface area contributed by atoms with Crippen LogP contribution in [0.3, 0.4) is 0 Å². The molecule has 0 aliphatic heterocycles. The summed E-state index contributed by atoms with van der Waals surface area (Å²) in [5, 5.41) is 10.9. The molecule has 0 fully saturated rings. The van der Waals surface area contributed by atoms with Gasteiger partial charge >= 0.3 is 12.1 Å². The van der Waals surface area contributed by atoms with E-state index in [0.29, 0.717) is 26.9 Å². The van der Waals surface area contributed by atoms with Crippen LogP contribution >= 0.6 is 22.9 Å². The molecule has 2 unspecified atom stereocenters. The van der Waals surface area contributed by atoms with Crippen LogP contribution < -0.4 is 10.5 Å². The molecule has 41 heavy (non-hydrogen) atoms. The Morgan fingerprint density at radius 2 is 1.78 bits per heavy atom. The van der Waals surface area contributed by atoms with Gasteiger partial charge in [-0.05, 0) is 52.9 Å².